The highest BCUT2D eigenvalue weighted by molar-refractivity contribution is 6.39. The topological polar surface area (TPSA) is 78.4 Å². The molecule has 0 aliphatic heterocycles. The molecule has 1 aliphatic rings. The standard InChI is InChI=1S/C22H26N2O3/c1-14-10-15(2)19(16(3)11-14)24-21(26)20(25)23-13-22(27)9-8-17-6-4-5-7-18(17)12-22/h4-7,10-11,27H,8-9,12-13H2,1-3H3,(H,23,25)(H,24,26). The van der Waals surface area contributed by atoms with Crippen molar-refractivity contribution in [1.29, 1.82) is 0 Å². The van der Waals surface area contributed by atoms with Gasteiger partial charge in [-0.05, 0) is 55.9 Å². The third-order valence-corrected chi connectivity index (χ3v) is 5.20. The molecular formula is C22H26N2O3. The minimum atomic E-state index is -1.03. The fourth-order valence-electron chi connectivity index (χ4n) is 3.81. The second-order valence-electron chi connectivity index (χ2n) is 7.58. The molecule has 3 N–H and O–H groups in total. The van der Waals surface area contributed by atoms with Crippen LogP contribution in [0.2, 0.25) is 0 Å². The fourth-order valence-corrected chi connectivity index (χ4v) is 3.81. The molecule has 0 saturated heterocycles. The largest absolute Gasteiger partial charge is 0.388 e. The Morgan fingerprint density at radius 1 is 1.04 bits per heavy atom. The Labute approximate surface area is 159 Å². The molecule has 2 amide bonds. The first-order valence-corrected chi connectivity index (χ1v) is 9.24. The van der Waals surface area contributed by atoms with E-state index in [9.17, 15) is 14.7 Å². The van der Waals surface area contributed by atoms with E-state index in [2.05, 4.69) is 16.7 Å². The van der Waals surface area contributed by atoms with Gasteiger partial charge < -0.3 is 15.7 Å². The highest BCUT2D eigenvalue weighted by Gasteiger charge is 2.33. The van der Waals surface area contributed by atoms with Crippen LogP contribution < -0.4 is 10.6 Å². The van der Waals surface area contributed by atoms with Gasteiger partial charge in [-0.2, -0.15) is 0 Å². The minimum absolute atomic E-state index is 0.0550. The monoisotopic (exact) mass is 366 g/mol. The molecule has 0 bridgehead atoms. The van der Waals surface area contributed by atoms with Crippen molar-refractivity contribution in [1.82, 2.24) is 5.32 Å². The van der Waals surface area contributed by atoms with Gasteiger partial charge in [-0.15, -0.1) is 0 Å². The number of anilines is 1. The first-order chi connectivity index (χ1) is 12.8. The summed E-state index contributed by atoms with van der Waals surface area (Å²) in [5, 5.41) is 16.1. The molecule has 0 saturated carbocycles. The van der Waals surface area contributed by atoms with Gasteiger partial charge in [0.2, 0.25) is 0 Å². The zero-order valence-electron chi connectivity index (χ0n) is 16.1. The van der Waals surface area contributed by atoms with Crippen LogP contribution in [-0.2, 0) is 22.4 Å². The van der Waals surface area contributed by atoms with Crippen molar-refractivity contribution in [3.63, 3.8) is 0 Å². The number of aryl methyl sites for hydroxylation is 4. The number of carbonyl (C=O) groups is 2. The van der Waals surface area contributed by atoms with E-state index in [-0.39, 0.29) is 6.54 Å². The van der Waals surface area contributed by atoms with Crippen LogP contribution in [0.4, 0.5) is 5.69 Å². The maximum atomic E-state index is 12.3. The van der Waals surface area contributed by atoms with Gasteiger partial charge >= 0.3 is 11.8 Å². The molecule has 27 heavy (non-hydrogen) atoms. The van der Waals surface area contributed by atoms with Crippen LogP contribution in [0.3, 0.4) is 0 Å². The second-order valence-corrected chi connectivity index (χ2v) is 7.58. The lowest BCUT2D eigenvalue weighted by atomic mass is 9.80. The number of aliphatic hydroxyl groups is 1. The molecule has 0 heterocycles. The predicted octanol–water partition coefficient (Wildman–Crippen LogP) is 2.59. The summed E-state index contributed by atoms with van der Waals surface area (Å²) in [5.74, 6) is -1.45. The van der Waals surface area contributed by atoms with Crippen molar-refractivity contribution in [2.45, 2.75) is 45.6 Å². The number of amides is 2. The summed E-state index contributed by atoms with van der Waals surface area (Å²) in [5.41, 5.74) is 4.89. The molecule has 5 nitrogen and oxygen atoms in total. The van der Waals surface area contributed by atoms with Gasteiger partial charge in [-0.25, -0.2) is 0 Å². The molecule has 1 atom stereocenters. The van der Waals surface area contributed by atoms with Gasteiger partial charge in [0, 0.05) is 18.7 Å². The third kappa shape index (κ3) is 4.37. The summed E-state index contributed by atoms with van der Waals surface area (Å²) in [7, 11) is 0. The van der Waals surface area contributed by atoms with E-state index in [1.807, 2.05) is 51.1 Å². The molecule has 0 spiro atoms. The van der Waals surface area contributed by atoms with Crippen molar-refractivity contribution in [2.24, 2.45) is 0 Å². The Morgan fingerprint density at radius 2 is 1.67 bits per heavy atom. The number of carbonyl (C=O) groups excluding carboxylic acids is 2. The zero-order chi connectivity index (χ0) is 19.6. The van der Waals surface area contributed by atoms with E-state index in [4.69, 9.17) is 0 Å². The van der Waals surface area contributed by atoms with Gasteiger partial charge in [0.15, 0.2) is 0 Å². The maximum absolute atomic E-state index is 12.3. The fraction of sp³-hybridized carbons (Fsp3) is 0.364. The molecule has 0 radical (unpaired) electrons. The summed E-state index contributed by atoms with van der Waals surface area (Å²) in [6.45, 7) is 5.84. The lowest BCUT2D eigenvalue weighted by Crippen LogP contribution is -2.49. The Hall–Kier alpha value is -2.66. The van der Waals surface area contributed by atoms with Crippen LogP contribution in [0, 0.1) is 20.8 Å². The lowest BCUT2D eigenvalue weighted by Gasteiger charge is -2.33. The number of fused-ring (bicyclic) bond motifs is 1. The van der Waals surface area contributed by atoms with Crippen LogP contribution >= 0.6 is 0 Å². The zero-order valence-corrected chi connectivity index (χ0v) is 16.1. The lowest BCUT2D eigenvalue weighted by molar-refractivity contribution is -0.136. The van der Waals surface area contributed by atoms with E-state index in [0.717, 1.165) is 28.7 Å². The third-order valence-electron chi connectivity index (χ3n) is 5.20. The Bertz CT molecular complexity index is 868. The van der Waals surface area contributed by atoms with Crippen molar-refractivity contribution in [2.75, 3.05) is 11.9 Å². The molecular weight excluding hydrogens is 340 g/mol. The first kappa shape index (κ1) is 19.1. The van der Waals surface area contributed by atoms with Gasteiger partial charge in [0.25, 0.3) is 0 Å². The average Bonchev–Trinajstić information content (AvgIpc) is 2.62. The SMILES string of the molecule is Cc1cc(C)c(NC(=O)C(=O)NCC2(O)CCc3ccccc3C2)c(C)c1. The van der Waals surface area contributed by atoms with E-state index >= 15 is 0 Å². The molecule has 2 aromatic rings. The van der Waals surface area contributed by atoms with Gasteiger partial charge in [0.05, 0.1) is 5.60 Å². The summed E-state index contributed by atoms with van der Waals surface area (Å²) in [6.07, 6.45) is 1.79. The van der Waals surface area contributed by atoms with Crippen molar-refractivity contribution >= 4 is 17.5 Å². The highest BCUT2D eigenvalue weighted by atomic mass is 16.3. The second kappa shape index (κ2) is 7.53. The number of hydrogen-bond donors (Lipinski definition) is 3. The molecule has 2 aromatic carbocycles. The number of rotatable bonds is 3. The van der Waals surface area contributed by atoms with Gasteiger partial charge in [-0.1, -0.05) is 42.0 Å². The van der Waals surface area contributed by atoms with Crippen LogP contribution in [0.1, 0.15) is 34.2 Å². The molecule has 3 rings (SSSR count). The molecule has 0 fully saturated rings. The molecule has 0 aromatic heterocycles. The number of benzene rings is 2. The van der Waals surface area contributed by atoms with Crippen molar-refractivity contribution < 1.29 is 14.7 Å². The number of hydrogen-bond acceptors (Lipinski definition) is 3. The van der Waals surface area contributed by atoms with Crippen molar-refractivity contribution in [3.05, 3.63) is 64.2 Å². The minimum Gasteiger partial charge on any atom is -0.388 e. The van der Waals surface area contributed by atoms with E-state index in [1.54, 1.807) is 0 Å². The van der Waals surface area contributed by atoms with E-state index in [0.29, 0.717) is 18.5 Å². The molecule has 5 heteroatoms. The smallest absolute Gasteiger partial charge is 0.313 e. The Morgan fingerprint density at radius 3 is 2.33 bits per heavy atom. The Balaban J connectivity index is 1.60. The van der Waals surface area contributed by atoms with Crippen LogP contribution in [-0.4, -0.2) is 29.1 Å². The molecule has 142 valence electrons. The van der Waals surface area contributed by atoms with E-state index in [1.165, 1.54) is 5.56 Å². The average molecular weight is 366 g/mol. The maximum Gasteiger partial charge on any atom is 0.313 e. The van der Waals surface area contributed by atoms with Crippen LogP contribution in [0.25, 0.3) is 0 Å². The summed E-state index contributed by atoms with van der Waals surface area (Å²) >= 11 is 0. The van der Waals surface area contributed by atoms with Gasteiger partial charge in [0.1, 0.15) is 0 Å². The van der Waals surface area contributed by atoms with E-state index < -0.39 is 17.4 Å². The molecule has 1 unspecified atom stereocenters. The van der Waals surface area contributed by atoms with Crippen molar-refractivity contribution in [3.8, 4) is 0 Å². The molecule has 1 aliphatic carbocycles. The van der Waals surface area contributed by atoms with Crippen LogP contribution in [0.15, 0.2) is 36.4 Å². The predicted molar refractivity (Wildman–Crippen MR) is 106 cm³/mol. The quantitative estimate of drug-likeness (QED) is 0.731. The van der Waals surface area contributed by atoms with Crippen LogP contribution in [0.5, 0.6) is 0 Å². The first-order valence-electron chi connectivity index (χ1n) is 9.24. The summed E-state index contributed by atoms with van der Waals surface area (Å²) in [6, 6.07) is 11.9. The Kier molecular flexibility index (Phi) is 5.33. The summed E-state index contributed by atoms with van der Waals surface area (Å²) in [4.78, 5) is 24.5. The number of nitrogens with one attached hydrogen (secondary N) is 2. The summed E-state index contributed by atoms with van der Waals surface area (Å²) < 4.78 is 0. The normalized spacial score (nSPS) is 18.5. The highest BCUT2D eigenvalue weighted by Crippen LogP contribution is 2.28. The van der Waals surface area contributed by atoms with Gasteiger partial charge in [-0.3, -0.25) is 9.59 Å².